The molecule has 0 saturated carbocycles. The van der Waals surface area contributed by atoms with Crippen LogP contribution >= 0.6 is 11.6 Å². The minimum absolute atomic E-state index is 0.228. The average molecular weight is 410 g/mol. The molecule has 0 aliphatic heterocycles. The number of hydrogen-bond acceptors (Lipinski definition) is 7. The van der Waals surface area contributed by atoms with Gasteiger partial charge in [-0.25, -0.2) is 14.8 Å². The largest absolute Gasteiger partial charge is 0.508 e. The first kappa shape index (κ1) is 22.2. The quantitative estimate of drug-likeness (QED) is 0.467. The van der Waals surface area contributed by atoms with Gasteiger partial charge in [0.25, 0.3) is 0 Å². The summed E-state index contributed by atoms with van der Waals surface area (Å²) < 4.78 is 10.2. The van der Waals surface area contributed by atoms with Crippen LogP contribution in [0.5, 0.6) is 0 Å². The summed E-state index contributed by atoms with van der Waals surface area (Å²) >= 11 is 5.99. The van der Waals surface area contributed by atoms with E-state index in [0.717, 1.165) is 42.5 Å². The van der Waals surface area contributed by atoms with Crippen molar-refractivity contribution in [3.05, 3.63) is 29.5 Å². The molecule has 0 amide bonds. The molecular weight excluding hydrogens is 382 g/mol. The fraction of sp³-hybridized carbons (Fsp3) is 0.550. The van der Waals surface area contributed by atoms with Gasteiger partial charge in [-0.1, -0.05) is 32.4 Å². The number of hydrogen-bond donors (Lipinski definition) is 2. The van der Waals surface area contributed by atoms with E-state index in [1.54, 1.807) is 6.07 Å². The van der Waals surface area contributed by atoms with Gasteiger partial charge in [-0.15, -0.1) is 0 Å². The Morgan fingerprint density at radius 3 is 2.75 bits per heavy atom. The average Bonchev–Trinajstić information content (AvgIpc) is 2.64. The molecule has 1 atom stereocenters. The molecule has 0 saturated heterocycles. The Bertz CT molecular complexity index is 780. The molecule has 0 bridgehead atoms. The van der Waals surface area contributed by atoms with Crippen molar-refractivity contribution in [2.24, 2.45) is 5.41 Å². The maximum absolute atomic E-state index is 11.7. The van der Waals surface area contributed by atoms with Gasteiger partial charge in [0.2, 0.25) is 0 Å². The van der Waals surface area contributed by atoms with Crippen molar-refractivity contribution in [1.29, 1.82) is 0 Å². The first-order valence-corrected chi connectivity index (χ1v) is 9.77. The summed E-state index contributed by atoms with van der Waals surface area (Å²) in [5, 5.41) is 14.2. The van der Waals surface area contributed by atoms with Crippen LogP contribution in [0.2, 0.25) is 5.02 Å². The number of anilines is 1. The Morgan fingerprint density at radius 1 is 1.25 bits per heavy atom. The topological polar surface area (TPSA) is 93.6 Å². The molecule has 8 heteroatoms. The zero-order chi connectivity index (χ0) is 20.6. The first-order chi connectivity index (χ1) is 13.3. The number of carbonyl (C=O) groups is 1. The second-order valence-corrected chi connectivity index (χ2v) is 8.06. The monoisotopic (exact) mass is 409 g/mol. The summed E-state index contributed by atoms with van der Waals surface area (Å²) in [6.07, 6.45) is 2.71. The third kappa shape index (κ3) is 6.80. The van der Waals surface area contributed by atoms with Crippen LogP contribution in [0.4, 0.5) is 10.6 Å². The molecule has 1 unspecified atom stereocenters. The van der Waals surface area contributed by atoms with Crippen LogP contribution in [0.15, 0.2) is 24.5 Å². The molecule has 28 heavy (non-hydrogen) atoms. The van der Waals surface area contributed by atoms with Crippen molar-refractivity contribution >= 4 is 34.5 Å². The normalized spacial score (nSPS) is 12.6. The standard InChI is InChI=1S/C20H28ClN3O4/c1-20(2,3)17(12-25)28-19(26)27-10-6-4-5-9-22-18-15-8-7-14(21)11-16(15)23-13-24-18/h7-8,11,13,17,25H,4-6,9-10,12H2,1-3H3,(H,22,23,24). The molecule has 0 fully saturated rings. The highest BCUT2D eigenvalue weighted by atomic mass is 35.5. The molecular formula is C20H28ClN3O4. The van der Waals surface area contributed by atoms with E-state index in [2.05, 4.69) is 15.3 Å². The van der Waals surface area contributed by atoms with Crippen molar-refractivity contribution in [2.75, 3.05) is 25.1 Å². The van der Waals surface area contributed by atoms with Gasteiger partial charge in [0.05, 0.1) is 18.7 Å². The number of rotatable bonds is 9. The lowest BCUT2D eigenvalue weighted by molar-refractivity contribution is -0.0410. The Balaban J connectivity index is 1.64. The van der Waals surface area contributed by atoms with Crippen molar-refractivity contribution in [3.8, 4) is 0 Å². The van der Waals surface area contributed by atoms with Gasteiger partial charge < -0.3 is 19.9 Å². The number of nitrogens with one attached hydrogen (secondary N) is 1. The third-order valence-corrected chi connectivity index (χ3v) is 4.54. The van der Waals surface area contributed by atoms with Gasteiger partial charge >= 0.3 is 6.16 Å². The van der Waals surface area contributed by atoms with E-state index in [4.69, 9.17) is 21.1 Å². The zero-order valence-corrected chi connectivity index (χ0v) is 17.3. The van der Waals surface area contributed by atoms with Gasteiger partial charge in [0, 0.05) is 22.4 Å². The summed E-state index contributed by atoms with van der Waals surface area (Å²) in [4.78, 5) is 20.2. The Kier molecular flexibility index (Phi) is 8.26. The molecule has 2 rings (SSSR count). The van der Waals surface area contributed by atoms with Crippen LogP contribution in [-0.4, -0.2) is 47.1 Å². The molecule has 2 N–H and O–H groups in total. The molecule has 0 aliphatic carbocycles. The maximum Gasteiger partial charge on any atom is 0.508 e. The zero-order valence-electron chi connectivity index (χ0n) is 16.6. The van der Waals surface area contributed by atoms with E-state index in [9.17, 15) is 9.90 Å². The van der Waals surface area contributed by atoms with Crippen LogP contribution in [0.1, 0.15) is 40.0 Å². The van der Waals surface area contributed by atoms with Crippen LogP contribution in [-0.2, 0) is 9.47 Å². The van der Waals surface area contributed by atoms with Crippen molar-refractivity contribution in [2.45, 2.75) is 46.1 Å². The number of unbranched alkanes of at least 4 members (excludes halogenated alkanes) is 2. The summed E-state index contributed by atoms with van der Waals surface area (Å²) in [5.41, 5.74) is 0.462. The second kappa shape index (κ2) is 10.4. The molecule has 0 radical (unpaired) electrons. The highest BCUT2D eigenvalue weighted by Gasteiger charge is 2.28. The predicted octanol–water partition coefficient (Wildman–Crippen LogP) is 4.43. The van der Waals surface area contributed by atoms with Gasteiger partial charge in [0.1, 0.15) is 18.2 Å². The number of aliphatic hydroxyl groups is 1. The maximum atomic E-state index is 11.7. The van der Waals surface area contributed by atoms with E-state index in [0.29, 0.717) is 5.02 Å². The Labute approximate surface area is 170 Å². The number of aliphatic hydroxyl groups excluding tert-OH is 1. The summed E-state index contributed by atoms with van der Waals surface area (Å²) in [6.45, 7) is 6.48. The van der Waals surface area contributed by atoms with Crippen LogP contribution in [0, 0.1) is 5.41 Å². The molecule has 1 aromatic heterocycles. The number of fused-ring (bicyclic) bond motifs is 1. The van der Waals surface area contributed by atoms with Crippen molar-refractivity contribution < 1.29 is 19.4 Å². The summed E-state index contributed by atoms with van der Waals surface area (Å²) in [6, 6.07) is 5.52. The fourth-order valence-corrected chi connectivity index (χ4v) is 2.74. The highest BCUT2D eigenvalue weighted by Crippen LogP contribution is 2.23. The SMILES string of the molecule is CC(C)(C)C(CO)OC(=O)OCCCCCNc1ncnc2cc(Cl)ccc12. The lowest BCUT2D eigenvalue weighted by Gasteiger charge is -2.27. The lowest BCUT2D eigenvalue weighted by atomic mass is 9.89. The first-order valence-electron chi connectivity index (χ1n) is 9.39. The molecule has 1 heterocycles. The molecule has 7 nitrogen and oxygen atoms in total. The van der Waals surface area contributed by atoms with Crippen LogP contribution < -0.4 is 5.32 Å². The third-order valence-electron chi connectivity index (χ3n) is 4.30. The Hall–Kier alpha value is -2.12. The number of aromatic nitrogens is 2. The number of ether oxygens (including phenoxy) is 2. The van der Waals surface area contributed by atoms with E-state index in [1.165, 1.54) is 6.33 Å². The van der Waals surface area contributed by atoms with Crippen molar-refractivity contribution in [1.82, 2.24) is 9.97 Å². The molecule has 2 aromatic rings. The van der Waals surface area contributed by atoms with E-state index < -0.39 is 12.3 Å². The summed E-state index contributed by atoms with van der Waals surface area (Å²) in [7, 11) is 0. The number of halogens is 1. The lowest BCUT2D eigenvalue weighted by Crippen LogP contribution is -2.35. The van der Waals surface area contributed by atoms with Crippen LogP contribution in [0.25, 0.3) is 10.9 Å². The fourth-order valence-electron chi connectivity index (χ4n) is 2.58. The van der Waals surface area contributed by atoms with Gasteiger partial charge in [0.15, 0.2) is 0 Å². The van der Waals surface area contributed by atoms with Gasteiger partial charge in [-0.05, 0) is 37.5 Å². The number of benzene rings is 1. The number of carbonyl (C=O) groups excluding carboxylic acids is 1. The van der Waals surface area contributed by atoms with E-state index >= 15 is 0 Å². The minimum atomic E-state index is -0.738. The van der Waals surface area contributed by atoms with Crippen LogP contribution in [0.3, 0.4) is 0 Å². The van der Waals surface area contributed by atoms with E-state index in [-0.39, 0.29) is 18.6 Å². The molecule has 0 aliphatic rings. The molecule has 0 spiro atoms. The second-order valence-electron chi connectivity index (χ2n) is 7.62. The molecule has 1 aromatic carbocycles. The minimum Gasteiger partial charge on any atom is -0.434 e. The predicted molar refractivity (Wildman–Crippen MR) is 110 cm³/mol. The number of nitrogens with zero attached hydrogens (tertiary/aromatic N) is 2. The van der Waals surface area contributed by atoms with E-state index in [1.807, 2.05) is 32.9 Å². The highest BCUT2D eigenvalue weighted by molar-refractivity contribution is 6.31. The molecule has 154 valence electrons. The van der Waals surface area contributed by atoms with Gasteiger partial charge in [-0.2, -0.15) is 0 Å². The van der Waals surface area contributed by atoms with Crippen molar-refractivity contribution in [3.63, 3.8) is 0 Å². The smallest absolute Gasteiger partial charge is 0.434 e. The van der Waals surface area contributed by atoms with Gasteiger partial charge in [-0.3, -0.25) is 0 Å². The summed E-state index contributed by atoms with van der Waals surface area (Å²) in [5.74, 6) is 0.777. The Morgan fingerprint density at radius 2 is 2.04 bits per heavy atom.